The number of hydrogen-bond acceptors (Lipinski definition) is 4. The highest BCUT2D eigenvalue weighted by Crippen LogP contribution is 2.14. The van der Waals surface area contributed by atoms with Gasteiger partial charge in [0, 0.05) is 6.54 Å². The van der Waals surface area contributed by atoms with Crippen LogP contribution in [-0.2, 0) is 6.54 Å². The summed E-state index contributed by atoms with van der Waals surface area (Å²) < 4.78 is 0. The quantitative estimate of drug-likeness (QED) is 0.347. The van der Waals surface area contributed by atoms with Gasteiger partial charge in [0.15, 0.2) is 0 Å². The maximum absolute atomic E-state index is 3.53. The van der Waals surface area contributed by atoms with Crippen molar-refractivity contribution in [1.82, 2.24) is 21.3 Å². The van der Waals surface area contributed by atoms with E-state index in [1.165, 1.54) is 30.4 Å². The first-order valence-electron chi connectivity index (χ1n) is 10.2. The van der Waals surface area contributed by atoms with Crippen molar-refractivity contribution >= 4 is 0 Å². The summed E-state index contributed by atoms with van der Waals surface area (Å²) in [7, 11) is 0. The van der Waals surface area contributed by atoms with Crippen LogP contribution in [0, 0.1) is 0 Å². The highest BCUT2D eigenvalue weighted by Gasteiger charge is 1.98. The van der Waals surface area contributed by atoms with Gasteiger partial charge in [-0.15, -0.1) is 0 Å². The molecule has 0 aliphatic rings. The van der Waals surface area contributed by atoms with E-state index in [0.717, 1.165) is 52.4 Å². The SMILES string of the molecule is CCNCCCNCCCNCCCNCc1ccc(C(C)C)cc1. The number of rotatable bonds is 16. The zero-order chi connectivity index (χ0) is 18.2. The lowest BCUT2D eigenvalue weighted by Crippen LogP contribution is -2.26. The summed E-state index contributed by atoms with van der Waals surface area (Å²) in [6, 6.07) is 8.98. The van der Waals surface area contributed by atoms with Crippen LogP contribution in [0.4, 0.5) is 0 Å². The molecule has 0 amide bonds. The van der Waals surface area contributed by atoms with E-state index in [-0.39, 0.29) is 0 Å². The molecule has 144 valence electrons. The fourth-order valence-corrected chi connectivity index (χ4v) is 2.70. The Balaban J connectivity index is 1.84. The normalized spacial score (nSPS) is 11.4. The van der Waals surface area contributed by atoms with Crippen LogP contribution in [0.1, 0.15) is 57.1 Å². The second-order valence-electron chi connectivity index (χ2n) is 6.99. The molecule has 0 saturated heterocycles. The highest BCUT2D eigenvalue weighted by atomic mass is 14.9. The third kappa shape index (κ3) is 12.1. The smallest absolute Gasteiger partial charge is 0.0205 e. The monoisotopic (exact) mass is 348 g/mol. The van der Waals surface area contributed by atoms with Gasteiger partial charge in [0.05, 0.1) is 0 Å². The van der Waals surface area contributed by atoms with Crippen LogP contribution in [0.5, 0.6) is 0 Å². The molecule has 1 rings (SSSR count). The molecule has 0 saturated carbocycles. The van der Waals surface area contributed by atoms with Gasteiger partial charge in [-0.3, -0.25) is 0 Å². The molecular formula is C21H40N4. The van der Waals surface area contributed by atoms with E-state index in [1.807, 2.05) is 0 Å². The second-order valence-corrected chi connectivity index (χ2v) is 6.99. The van der Waals surface area contributed by atoms with Gasteiger partial charge in [0.25, 0.3) is 0 Å². The largest absolute Gasteiger partial charge is 0.317 e. The van der Waals surface area contributed by atoms with E-state index in [1.54, 1.807) is 0 Å². The minimum atomic E-state index is 0.612. The fraction of sp³-hybridized carbons (Fsp3) is 0.714. The minimum absolute atomic E-state index is 0.612. The Morgan fingerprint density at radius 3 is 1.64 bits per heavy atom. The molecule has 1 aromatic rings. The van der Waals surface area contributed by atoms with Crippen LogP contribution < -0.4 is 21.3 Å². The van der Waals surface area contributed by atoms with Crippen LogP contribution in [0.3, 0.4) is 0 Å². The van der Waals surface area contributed by atoms with Crippen molar-refractivity contribution in [2.45, 2.75) is 52.5 Å². The first-order valence-corrected chi connectivity index (χ1v) is 10.2. The van der Waals surface area contributed by atoms with Crippen molar-refractivity contribution in [2.24, 2.45) is 0 Å². The van der Waals surface area contributed by atoms with Gasteiger partial charge >= 0.3 is 0 Å². The van der Waals surface area contributed by atoms with Gasteiger partial charge < -0.3 is 21.3 Å². The Labute approximate surface area is 155 Å². The standard InChI is InChI=1S/C21H40N4/c1-4-22-12-5-13-23-14-6-15-24-16-7-17-25-18-20-8-10-21(11-9-20)19(2)3/h8-11,19,22-25H,4-7,12-18H2,1-3H3. The molecule has 0 unspecified atom stereocenters. The fourth-order valence-electron chi connectivity index (χ4n) is 2.70. The van der Waals surface area contributed by atoms with Crippen molar-refractivity contribution in [3.05, 3.63) is 35.4 Å². The van der Waals surface area contributed by atoms with Crippen LogP contribution in [-0.4, -0.2) is 45.8 Å². The van der Waals surface area contributed by atoms with Crippen molar-refractivity contribution < 1.29 is 0 Å². The molecule has 0 aliphatic heterocycles. The predicted molar refractivity (Wildman–Crippen MR) is 110 cm³/mol. The summed E-state index contributed by atoms with van der Waals surface area (Å²) in [4.78, 5) is 0. The van der Waals surface area contributed by atoms with Crippen LogP contribution in [0.2, 0.25) is 0 Å². The van der Waals surface area contributed by atoms with Gasteiger partial charge in [-0.05, 0) is 82.1 Å². The molecule has 0 bridgehead atoms. The Morgan fingerprint density at radius 1 is 0.680 bits per heavy atom. The molecule has 0 aliphatic carbocycles. The maximum Gasteiger partial charge on any atom is 0.0205 e. The summed E-state index contributed by atoms with van der Waals surface area (Å²) in [5.41, 5.74) is 2.79. The minimum Gasteiger partial charge on any atom is -0.317 e. The molecule has 0 spiro atoms. The Hall–Kier alpha value is -0.940. The van der Waals surface area contributed by atoms with E-state index in [0.29, 0.717) is 5.92 Å². The zero-order valence-electron chi connectivity index (χ0n) is 16.7. The number of nitrogens with one attached hydrogen (secondary N) is 4. The van der Waals surface area contributed by atoms with Crippen molar-refractivity contribution in [1.29, 1.82) is 0 Å². The first kappa shape index (κ1) is 22.1. The first-order chi connectivity index (χ1) is 12.2. The predicted octanol–water partition coefficient (Wildman–Crippen LogP) is 2.86. The zero-order valence-corrected chi connectivity index (χ0v) is 16.7. The van der Waals surface area contributed by atoms with Gasteiger partial charge in [-0.2, -0.15) is 0 Å². The number of hydrogen-bond donors (Lipinski definition) is 4. The molecule has 25 heavy (non-hydrogen) atoms. The molecule has 4 nitrogen and oxygen atoms in total. The van der Waals surface area contributed by atoms with E-state index in [4.69, 9.17) is 0 Å². The lowest BCUT2D eigenvalue weighted by atomic mass is 10.0. The van der Waals surface area contributed by atoms with E-state index >= 15 is 0 Å². The molecule has 4 N–H and O–H groups in total. The molecule has 0 atom stereocenters. The van der Waals surface area contributed by atoms with E-state index < -0.39 is 0 Å². The van der Waals surface area contributed by atoms with Crippen LogP contribution in [0.25, 0.3) is 0 Å². The van der Waals surface area contributed by atoms with Gasteiger partial charge in [-0.25, -0.2) is 0 Å². The van der Waals surface area contributed by atoms with E-state index in [2.05, 4.69) is 66.3 Å². The summed E-state index contributed by atoms with van der Waals surface area (Å²) in [5.74, 6) is 0.612. The van der Waals surface area contributed by atoms with Gasteiger partial charge in [0.2, 0.25) is 0 Å². The van der Waals surface area contributed by atoms with Gasteiger partial charge in [-0.1, -0.05) is 45.0 Å². The Morgan fingerprint density at radius 2 is 1.16 bits per heavy atom. The third-order valence-electron chi connectivity index (χ3n) is 4.35. The molecule has 0 aromatic heterocycles. The molecule has 0 radical (unpaired) electrons. The summed E-state index contributed by atoms with van der Waals surface area (Å²) in [6.45, 7) is 15.3. The lowest BCUT2D eigenvalue weighted by molar-refractivity contribution is 0.554. The highest BCUT2D eigenvalue weighted by molar-refractivity contribution is 5.24. The molecule has 0 heterocycles. The Kier molecular flexibility index (Phi) is 13.5. The summed E-state index contributed by atoms with van der Waals surface area (Å²) >= 11 is 0. The molecule has 1 aromatic carbocycles. The number of benzene rings is 1. The molecular weight excluding hydrogens is 308 g/mol. The average Bonchev–Trinajstić information content (AvgIpc) is 2.62. The van der Waals surface area contributed by atoms with Gasteiger partial charge in [0.1, 0.15) is 0 Å². The topological polar surface area (TPSA) is 48.1 Å². The average molecular weight is 349 g/mol. The Bertz CT molecular complexity index is 403. The summed E-state index contributed by atoms with van der Waals surface area (Å²) in [5, 5.41) is 13.9. The maximum atomic E-state index is 3.53. The molecule has 0 fully saturated rings. The summed E-state index contributed by atoms with van der Waals surface area (Å²) in [6.07, 6.45) is 3.60. The van der Waals surface area contributed by atoms with Crippen molar-refractivity contribution in [2.75, 3.05) is 45.8 Å². The van der Waals surface area contributed by atoms with Crippen LogP contribution in [0.15, 0.2) is 24.3 Å². The van der Waals surface area contributed by atoms with Crippen LogP contribution >= 0.6 is 0 Å². The third-order valence-corrected chi connectivity index (χ3v) is 4.35. The molecule has 4 heteroatoms. The van der Waals surface area contributed by atoms with E-state index in [9.17, 15) is 0 Å². The van der Waals surface area contributed by atoms with Crippen molar-refractivity contribution in [3.63, 3.8) is 0 Å². The van der Waals surface area contributed by atoms with Crippen molar-refractivity contribution in [3.8, 4) is 0 Å². The lowest BCUT2D eigenvalue weighted by Gasteiger charge is -2.09. The second kappa shape index (κ2) is 15.3.